The second kappa shape index (κ2) is 7.43. The summed E-state index contributed by atoms with van der Waals surface area (Å²) in [5, 5.41) is 0.892. The number of piperazine rings is 1. The van der Waals surface area contributed by atoms with Crippen LogP contribution < -0.4 is 5.73 Å². The van der Waals surface area contributed by atoms with Crippen molar-refractivity contribution in [3.8, 4) is 0 Å². The molecule has 0 aromatic carbocycles. The third-order valence-corrected chi connectivity index (χ3v) is 7.22. The van der Waals surface area contributed by atoms with Gasteiger partial charge >= 0.3 is 0 Å². The maximum atomic E-state index is 13.2. The number of aryl methyl sites for hydroxylation is 1. The second-order valence-corrected chi connectivity index (χ2v) is 9.20. The molecule has 1 fully saturated rings. The molecule has 156 valence electrons. The lowest BCUT2D eigenvalue weighted by molar-refractivity contribution is 0.0521. The number of pyridine rings is 1. The SMILES string of the molecule is CC1CCc2nc3sc(C(=O)N4CCN(C(=O)c5ccco5)CC4)c(N)c3cc2C1. The molecule has 2 aliphatic rings. The average Bonchev–Trinajstić information content (AvgIpc) is 3.40. The van der Waals surface area contributed by atoms with E-state index in [1.165, 1.54) is 23.2 Å². The zero-order valence-corrected chi connectivity index (χ0v) is 17.7. The van der Waals surface area contributed by atoms with Gasteiger partial charge in [0.15, 0.2) is 5.76 Å². The van der Waals surface area contributed by atoms with E-state index < -0.39 is 0 Å². The van der Waals surface area contributed by atoms with Gasteiger partial charge in [-0.05, 0) is 48.9 Å². The number of hydrogen-bond donors (Lipinski definition) is 1. The highest BCUT2D eigenvalue weighted by molar-refractivity contribution is 7.21. The molecular formula is C22H24N4O3S. The highest BCUT2D eigenvalue weighted by atomic mass is 32.1. The van der Waals surface area contributed by atoms with Gasteiger partial charge < -0.3 is 20.0 Å². The van der Waals surface area contributed by atoms with E-state index >= 15 is 0 Å². The van der Waals surface area contributed by atoms with Crippen LogP contribution in [0.1, 0.15) is 44.8 Å². The molecule has 2 N–H and O–H groups in total. The van der Waals surface area contributed by atoms with Crippen molar-refractivity contribution in [2.45, 2.75) is 26.2 Å². The van der Waals surface area contributed by atoms with E-state index in [1.54, 1.807) is 21.9 Å². The molecule has 30 heavy (non-hydrogen) atoms. The number of nitrogen functional groups attached to an aromatic ring is 1. The Balaban J connectivity index is 1.34. The number of carbonyl (C=O) groups is 2. The normalized spacial score (nSPS) is 19.2. The Kier molecular flexibility index (Phi) is 4.73. The molecule has 0 bridgehead atoms. The van der Waals surface area contributed by atoms with Crippen molar-refractivity contribution >= 4 is 39.1 Å². The van der Waals surface area contributed by atoms with Gasteiger partial charge in [0, 0.05) is 37.3 Å². The predicted octanol–water partition coefficient (Wildman–Crippen LogP) is 3.19. The highest BCUT2D eigenvalue weighted by Gasteiger charge is 2.29. The summed E-state index contributed by atoms with van der Waals surface area (Å²) in [7, 11) is 0. The number of anilines is 1. The van der Waals surface area contributed by atoms with Gasteiger partial charge in [0.05, 0.1) is 12.0 Å². The minimum Gasteiger partial charge on any atom is -0.459 e. The van der Waals surface area contributed by atoms with Crippen LogP contribution in [0.4, 0.5) is 5.69 Å². The van der Waals surface area contributed by atoms with Crippen molar-refractivity contribution in [1.82, 2.24) is 14.8 Å². The smallest absolute Gasteiger partial charge is 0.289 e. The van der Waals surface area contributed by atoms with Gasteiger partial charge in [-0.3, -0.25) is 9.59 Å². The number of hydrogen-bond acceptors (Lipinski definition) is 6. The fraction of sp³-hybridized carbons (Fsp3) is 0.409. The molecule has 3 aromatic rings. The fourth-order valence-electron chi connectivity index (χ4n) is 4.34. The standard InChI is InChI=1S/C22H24N4O3S/c1-13-4-5-16-14(11-13)12-15-18(23)19(30-20(15)24-16)22(28)26-8-6-25(7-9-26)21(27)17-3-2-10-29-17/h2-3,10,12-13H,4-9,11,23H2,1H3. The number of rotatable bonds is 2. The highest BCUT2D eigenvalue weighted by Crippen LogP contribution is 2.37. The van der Waals surface area contributed by atoms with Crippen LogP contribution in [0.5, 0.6) is 0 Å². The predicted molar refractivity (Wildman–Crippen MR) is 116 cm³/mol. The molecule has 2 amide bonds. The Morgan fingerprint density at radius 2 is 1.93 bits per heavy atom. The molecule has 8 heteroatoms. The first kappa shape index (κ1) is 19.1. The van der Waals surface area contributed by atoms with Crippen LogP contribution >= 0.6 is 11.3 Å². The molecular weight excluding hydrogens is 400 g/mol. The summed E-state index contributed by atoms with van der Waals surface area (Å²) in [6, 6.07) is 5.49. The van der Waals surface area contributed by atoms with Crippen molar-refractivity contribution in [3.05, 3.63) is 46.4 Å². The summed E-state index contributed by atoms with van der Waals surface area (Å²) in [6.07, 6.45) is 4.64. The fourth-order valence-corrected chi connectivity index (χ4v) is 5.41. The Labute approximate surface area is 178 Å². The molecule has 0 radical (unpaired) electrons. The van der Waals surface area contributed by atoms with Gasteiger partial charge in [0.1, 0.15) is 9.71 Å². The maximum Gasteiger partial charge on any atom is 0.289 e. The minimum atomic E-state index is -0.141. The zero-order valence-electron chi connectivity index (χ0n) is 16.9. The van der Waals surface area contributed by atoms with Gasteiger partial charge in [0.2, 0.25) is 0 Å². The van der Waals surface area contributed by atoms with Gasteiger partial charge in [-0.15, -0.1) is 11.3 Å². The van der Waals surface area contributed by atoms with Crippen molar-refractivity contribution in [2.75, 3.05) is 31.9 Å². The minimum absolute atomic E-state index is 0.0769. The van der Waals surface area contributed by atoms with E-state index in [0.29, 0.717) is 48.4 Å². The molecule has 1 aliphatic carbocycles. The largest absolute Gasteiger partial charge is 0.459 e. The third kappa shape index (κ3) is 3.25. The molecule has 5 rings (SSSR count). The average molecular weight is 425 g/mol. The molecule has 7 nitrogen and oxygen atoms in total. The third-order valence-electron chi connectivity index (χ3n) is 6.11. The van der Waals surface area contributed by atoms with Crippen molar-refractivity contribution < 1.29 is 14.0 Å². The quantitative estimate of drug-likeness (QED) is 0.682. The van der Waals surface area contributed by atoms with Crippen LogP contribution in [-0.4, -0.2) is 52.8 Å². The number of amides is 2. The molecule has 0 saturated carbocycles. The first-order valence-electron chi connectivity index (χ1n) is 10.3. The van der Waals surface area contributed by atoms with Gasteiger partial charge in [-0.1, -0.05) is 6.92 Å². The zero-order chi connectivity index (χ0) is 20.8. The molecule has 1 aliphatic heterocycles. The van der Waals surface area contributed by atoms with E-state index in [4.69, 9.17) is 15.1 Å². The van der Waals surface area contributed by atoms with Crippen molar-refractivity contribution in [1.29, 1.82) is 0 Å². The number of furan rings is 1. The number of carbonyl (C=O) groups excluding carboxylic acids is 2. The molecule has 1 unspecified atom stereocenters. The molecule has 4 heterocycles. The Morgan fingerprint density at radius 3 is 2.63 bits per heavy atom. The topological polar surface area (TPSA) is 92.7 Å². The van der Waals surface area contributed by atoms with Crippen LogP contribution in [0, 0.1) is 5.92 Å². The Morgan fingerprint density at radius 1 is 1.20 bits per heavy atom. The maximum absolute atomic E-state index is 13.2. The lowest BCUT2D eigenvalue weighted by Crippen LogP contribution is -2.50. The lowest BCUT2D eigenvalue weighted by Gasteiger charge is -2.34. The van der Waals surface area contributed by atoms with Crippen LogP contribution in [0.25, 0.3) is 10.2 Å². The Bertz CT molecular complexity index is 1110. The number of nitrogens with zero attached hydrogens (tertiary/aromatic N) is 3. The number of fused-ring (bicyclic) bond motifs is 2. The van der Waals surface area contributed by atoms with Crippen molar-refractivity contribution in [3.63, 3.8) is 0 Å². The monoisotopic (exact) mass is 424 g/mol. The first-order valence-corrected chi connectivity index (χ1v) is 11.2. The molecule has 1 atom stereocenters. The summed E-state index contributed by atoms with van der Waals surface area (Å²) in [5.74, 6) is 0.759. The summed E-state index contributed by atoms with van der Waals surface area (Å²) >= 11 is 1.38. The van der Waals surface area contributed by atoms with Crippen LogP contribution in [0.2, 0.25) is 0 Å². The first-order chi connectivity index (χ1) is 14.5. The van der Waals surface area contributed by atoms with E-state index in [9.17, 15) is 9.59 Å². The summed E-state index contributed by atoms with van der Waals surface area (Å²) in [4.78, 5) is 35.3. The van der Waals surface area contributed by atoms with Gasteiger partial charge in [-0.2, -0.15) is 0 Å². The molecule has 0 spiro atoms. The van der Waals surface area contributed by atoms with Gasteiger partial charge in [-0.25, -0.2) is 4.98 Å². The second-order valence-electron chi connectivity index (χ2n) is 8.20. The summed E-state index contributed by atoms with van der Waals surface area (Å²) in [5.41, 5.74) is 9.33. The number of nitrogens with two attached hydrogens (primary N) is 1. The lowest BCUT2D eigenvalue weighted by atomic mass is 9.87. The van der Waals surface area contributed by atoms with E-state index in [-0.39, 0.29) is 11.8 Å². The Hall–Kier alpha value is -2.87. The van der Waals surface area contributed by atoms with E-state index in [0.717, 1.165) is 35.2 Å². The summed E-state index contributed by atoms with van der Waals surface area (Å²) < 4.78 is 5.20. The molecule has 1 saturated heterocycles. The van der Waals surface area contributed by atoms with Crippen LogP contribution in [0.15, 0.2) is 28.9 Å². The summed E-state index contributed by atoms with van der Waals surface area (Å²) in [6.45, 7) is 4.15. The molecule has 3 aromatic heterocycles. The van der Waals surface area contributed by atoms with Crippen molar-refractivity contribution in [2.24, 2.45) is 5.92 Å². The van der Waals surface area contributed by atoms with Crippen LogP contribution in [0.3, 0.4) is 0 Å². The van der Waals surface area contributed by atoms with E-state index in [2.05, 4.69) is 13.0 Å². The van der Waals surface area contributed by atoms with Crippen LogP contribution in [-0.2, 0) is 12.8 Å². The number of thiophene rings is 1. The van der Waals surface area contributed by atoms with Gasteiger partial charge in [0.25, 0.3) is 11.8 Å². The number of aromatic nitrogens is 1. The van der Waals surface area contributed by atoms with E-state index in [1.807, 2.05) is 0 Å².